The van der Waals surface area contributed by atoms with Crippen molar-refractivity contribution in [3.63, 3.8) is 0 Å². The number of rotatable bonds is 1. The van der Waals surface area contributed by atoms with Crippen LogP contribution in [-0.4, -0.2) is 41.6 Å². The summed E-state index contributed by atoms with van der Waals surface area (Å²) in [6, 6.07) is 0.0975. The van der Waals surface area contributed by atoms with Crippen molar-refractivity contribution in [3.05, 3.63) is 0 Å². The number of carbonyl (C=O) groups is 1. The van der Waals surface area contributed by atoms with Crippen molar-refractivity contribution < 1.29 is 4.79 Å². The van der Waals surface area contributed by atoms with Crippen LogP contribution in [0.4, 0.5) is 0 Å². The molecule has 2 atom stereocenters. The topological polar surface area (TPSA) is 32.3 Å². The minimum absolute atomic E-state index is 0.0975. The molecule has 0 aromatic rings. The van der Waals surface area contributed by atoms with Crippen molar-refractivity contribution in [2.45, 2.75) is 17.8 Å². The molecule has 2 rings (SSSR count). The average Bonchev–Trinajstić information content (AvgIpc) is 2.05. The van der Waals surface area contributed by atoms with Gasteiger partial charge in [0, 0.05) is 6.54 Å². The van der Waals surface area contributed by atoms with Gasteiger partial charge in [-0.2, -0.15) is 0 Å². The third-order valence-corrected chi connectivity index (χ3v) is 3.68. The molecule has 11 heavy (non-hydrogen) atoms. The third-order valence-electron chi connectivity index (χ3n) is 2.28. The molecule has 0 aromatic heterocycles. The normalized spacial score (nSPS) is 36.5. The molecule has 1 amide bonds. The second-order valence-corrected chi connectivity index (χ2v) is 4.14. The maximum Gasteiger partial charge on any atom is 0.243 e. The van der Waals surface area contributed by atoms with Crippen molar-refractivity contribution in [2.24, 2.45) is 0 Å². The molecule has 0 spiro atoms. The van der Waals surface area contributed by atoms with Gasteiger partial charge in [0.15, 0.2) is 0 Å². The number of nitrogens with zero attached hydrogens (tertiary/aromatic N) is 1. The number of hydrogen-bond donors (Lipinski definition) is 1. The summed E-state index contributed by atoms with van der Waals surface area (Å²) in [6.07, 6.45) is 1.16. The number of fused-ring (bicyclic) bond motifs is 1. The van der Waals surface area contributed by atoms with Crippen molar-refractivity contribution in [3.8, 4) is 0 Å². The molecule has 0 saturated carbocycles. The summed E-state index contributed by atoms with van der Waals surface area (Å²) in [5.41, 5.74) is 0. The molecule has 3 nitrogen and oxygen atoms in total. The Bertz CT molecular complexity index is 177. The third kappa shape index (κ3) is 0.964. The first-order valence-corrected chi connectivity index (χ1v) is 4.99. The van der Waals surface area contributed by atoms with Crippen LogP contribution in [0.15, 0.2) is 0 Å². The predicted molar refractivity (Wildman–Crippen MR) is 45.4 cm³/mol. The Hall–Kier alpha value is -0.220. The lowest BCUT2D eigenvalue weighted by molar-refractivity contribution is -0.146. The van der Waals surface area contributed by atoms with Crippen molar-refractivity contribution in [2.75, 3.05) is 19.3 Å². The number of amides is 1. The molecule has 0 aromatic carbocycles. The van der Waals surface area contributed by atoms with Crippen LogP contribution in [0.25, 0.3) is 0 Å². The van der Waals surface area contributed by atoms with Crippen LogP contribution in [0.3, 0.4) is 0 Å². The fourth-order valence-electron chi connectivity index (χ4n) is 1.65. The molecular formula is C7H12N2OS. The number of β-lactam (4-membered cyclic amide) rings is 1. The van der Waals surface area contributed by atoms with E-state index in [-0.39, 0.29) is 11.9 Å². The molecule has 2 unspecified atom stereocenters. The van der Waals surface area contributed by atoms with Gasteiger partial charge in [-0.25, -0.2) is 0 Å². The molecule has 0 radical (unpaired) electrons. The van der Waals surface area contributed by atoms with Gasteiger partial charge in [-0.1, -0.05) is 0 Å². The zero-order valence-corrected chi connectivity index (χ0v) is 7.36. The van der Waals surface area contributed by atoms with Crippen LogP contribution in [0.2, 0.25) is 0 Å². The smallest absolute Gasteiger partial charge is 0.243 e. The lowest BCUT2D eigenvalue weighted by Gasteiger charge is -2.49. The number of likely N-dealkylation sites (N-methyl/N-ethyl adjacent to an activating group) is 1. The van der Waals surface area contributed by atoms with Gasteiger partial charge in [-0.15, -0.1) is 11.8 Å². The van der Waals surface area contributed by atoms with Crippen molar-refractivity contribution in [1.29, 1.82) is 0 Å². The zero-order valence-electron chi connectivity index (χ0n) is 6.54. The molecule has 2 aliphatic rings. The molecule has 0 bridgehead atoms. The van der Waals surface area contributed by atoms with Gasteiger partial charge < -0.3 is 10.2 Å². The van der Waals surface area contributed by atoms with Crippen LogP contribution in [0.1, 0.15) is 6.42 Å². The lowest BCUT2D eigenvalue weighted by atomic mass is 10.1. The summed E-state index contributed by atoms with van der Waals surface area (Å²) < 4.78 is 0. The molecule has 2 heterocycles. The standard InChI is InChI=1S/C7H12N2OS/c1-8-5-6(10)9-3-2-4-11-7(5)9/h5,7-8H,2-4H2,1H3. The average molecular weight is 172 g/mol. The second-order valence-electron chi connectivity index (χ2n) is 2.91. The maximum atomic E-state index is 11.3. The highest BCUT2D eigenvalue weighted by Crippen LogP contribution is 2.33. The Labute approximate surface area is 70.5 Å². The van der Waals surface area contributed by atoms with E-state index < -0.39 is 0 Å². The minimum Gasteiger partial charge on any atom is -0.327 e. The summed E-state index contributed by atoms with van der Waals surface area (Å²) >= 11 is 1.89. The van der Waals surface area contributed by atoms with E-state index in [1.807, 2.05) is 23.7 Å². The van der Waals surface area contributed by atoms with Crippen LogP contribution < -0.4 is 5.32 Å². The van der Waals surface area contributed by atoms with Crippen molar-refractivity contribution in [1.82, 2.24) is 10.2 Å². The van der Waals surface area contributed by atoms with E-state index in [4.69, 9.17) is 0 Å². The minimum atomic E-state index is 0.0975. The summed E-state index contributed by atoms with van der Waals surface area (Å²) in [7, 11) is 1.86. The molecule has 4 heteroatoms. The van der Waals surface area contributed by atoms with Gasteiger partial charge >= 0.3 is 0 Å². The van der Waals surface area contributed by atoms with E-state index in [1.165, 1.54) is 5.75 Å². The maximum absolute atomic E-state index is 11.3. The van der Waals surface area contributed by atoms with Gasteiger partial charge in [-0.05, 0) is 19.2 Å². The van der Waals surface area contributed by atoms with Gasteiger partial charge in [0.1, 0.15) is 11.4 Å². The Morgan fingerprint density at radius 1 is 1.73 bits per heavy atom. The van der Waals surface area contributed by atoms with E-state index in [9.17, 15) is 4.79 Å². The monoisotopic (exact) mass is 172 g/mol. The summed E-state index contributed by atoms with van der Waals surface area (Å²) in [5.74, 6) is 1.48. The van der Waals surface area contributed by atoms with Gasteiger partial charge in [0.2, 0.25) is 5.91 Å². The summed E-state index contributed by atoms with van der Waals surface area (Å²) in [4.78, 5) is 13.2. The Morgan fingerprint density at radius 2 is 2.55 bits per heavy atom. The van der Waals surface area contributed by atoms with Crippen LogP contribution in [0, 0.1) is 0 Å². The molecule has 2 saturated heterocycles. The Kier molecular flexibility index (Phi) is 1.81. The lowest BCUT2D eigenvalue weighted by Crippen LogP contribution is -2.69. The fourth-order valence-corrected chi connectivity index (χ4v) is 3.02. The van der Waals surface area contributed by atoms with E-state index in [0.29, 0.717) is 5.37 Å². The van der Waals surface area contributed by atoms with Gasteiger partial charge in [-0.3, -0.25) is 4.79 Å². The quantitative estimate of drug-likeness (QED) is 0.560. The van der Waals surface area contributed by atoms with E-state index in [2.05, 4.69) is 5.32 Å². The first-order valence-electron chi connectivity index (χ1n) is 3.94. The largest absolute Gasteiger partial charge is 0.327 e. The van der Waals surface area contributed by atoms with Gasteiger partial charge in [0.25, 0.3) is 0 Å². The van der Waals surface area contributed by atoms with Crippen LogP contribution in [-0.2, 0) is 4.79 Å². The summed E-state index contributed by atoms with van der Waals surface area (Å²) in [6.45, 7) is 0.967. The number of carbonyl (C=O) groups excluding carboxylic acids is 1. The highest BCUT2D eigenvalue weighted by molar-refractivity contribution is 8.00. The molecule has 1 N–H and O–H groups in total. The van der Waals surface area contributed by atoms with E-state index >= 15 is 0 Å². The fraction of sp³-hybridized carbons (Fsp3) is 0.857. The van der Waals surface area contributed by atoms with E-state index in [0.717, 1.165) is 13.0 Å². The number of thioether (sulfide) groups is 1. The first kappa shape index (κ1) is 7.43. The predicted octanol–water partition coefficient (Wildman–Crippen LogP) is -0.120. The van der Waals surface area contributed by atoms with Crippen LogP contribution in [0.5, 0.6) is 0 Å². The highest BCUT2D eigenvalue weighted by Gasteiger charge is 2.47. The van der Waals surface area contributed by atoms with Gasteiger partial charge in [0.05, 0.1) is 0 Å². The molecule has 62 valence electrons. The van der Waals surface area contributed by atoms with Crippen molar-refractivity contribution >= 4 is 17.7 Å². The molecule has 0 aliphatic carbocycles. The molecule has 2 fully saturated rings. The number of hydrogen-bond acceptors (Lipinski definition) is 3. The second kappa shape index (κ2) is 2.68. The van der Waals surface area contributed by atoms with Crippen LogP contribution >= 0.6 is 11.8 Å². The number of nitrogens with one attached hydrogen (secondary N) is 1. The Morgan fingerprint density at radius 3 is 3.27 bits per heavy atom. The zero-order chi connectivity index (χ0) is 7.84. The molecular weight excluding hydrogens is 160 g/mol. The van der Waals surface area contributed by atoms with E-state index in [1.54, 1.807) is 0 Å². The summed E-state index contributed by atoms with van der Waals surface area (Å²) in [5, 5.41) is 3.47. The molecule has 2 aliphatic heterocycles. The highest BCUT2D eigenvalue weighted by atomic mass is 32.2. The Balaban J connectivity index is 2.03. The SMILES string of the molecule is CNC1C(=O)N2CCCSC12. The first-order chi connectivity index (χ1) is 5.34.